The molecule has 0 radical (unpaired) electrons. The van der Waals surface area contributed by atoms with E-state index in [1.807, 2.05) is 41.3 Å². The molecule has 3 aromatic carbocycles. The zero-order chi connectivity index (χ0) is 21.5. The molecular weight excluding hydrogens is 400 g/mol. The minimum Gasteiger partial charge on any atom is -0.432 e. The monoisotopic (exact) mass is 422 g/mol. The first kappa shape index (κ1) is 18.7. The number of imidazole rings is 1. The second-order valence-electron chi connectivity index (χ2n) is 8.04. The van der Waals surface area contributed by atoms with E-state index in [9.17, 15) is 4.79 Å². The first-order valence-electron chi connectivity index (χ1n) is 10.8. The Balaban J connectivity index is 1.34. The number of aromatic nitrogens is 2. The molecule has 3 heterocycles. The third-order valence-corrected chi connectivity index (χ3v) is 6.18. The maximum atomic E-state index is 13.7. The smallest absolute Gasteiger partial charge is 0.306 e. The Hall–Kier alpha value is -4.06. The number of fused-ring (bicyclic) bond motifs is 2. The fraction of sp³-hybridized carbons (Fsp3) is 0.154. The van der Waals surface area contributed by atoms with Crippen molar-refractivity contribution in [1.82, 2.24) is 14.3 Å². The van der Waals surface area contributed by atoms with Gasteiger partial charge in [0.25, 0.3) is 5.91 Å². The molecule has 0 unspecified atom stereocenters. The standard InChI is InChI=1S/C26H22N4O2/c31-25(29-14-12-28(13-15-29)22-8-2-1-3-9-22)24-23(27-26-30(24)16-17-32-26)21-11-10-19-6-4-5-7-20(19)18-21/h1-11,16-18H,12-15H2. The molecule has 2 aromatic heterocycles. The first-order chi connectivity index (χ1) is 15.8. The SMILES string of the molecule is O=C(c1c(-c2ccc3ccccc3c2)nc2occn12)N1CCN(c2ccccc2)CC1. The van der Waals surface area contributed by atoms with Crippen molar-refractivity contribution in [3.63, 3.8) is 0 Å². The number of nitrogens with zero attached hydrogens (tertiary/aromatic N) is 4. The van der Waals surface area contributed by atoms with Gasteiger partial charge in [0, 0.05) is 43.6 Å². The summed E-state index contributed by atoms with van der Waals surface area (Å²) in [5, 5.41) is 2.27. The van der Waals surface area contributed by atoms with Gasteiger partial charge in [0.2, 0.25) is 0 Å². The average molecular weight is 422 g/mol. The zero-order valence-corrected chi connectivity index (χ0v) is 17.5. The highest BCUT2D eigenvalue weighted by Gasteiger charge is 2.29. The van der Waals surface area contributed by atoms with Crippen LogP contribution in [0.4, 0.5) is 5.69 Å². The van der Waals surface area contributed by atoms with Gasteiger partial charge in [-0.2, -0.15) is 4.98 Å². The van der Waals surface area contributed by atoms with Crippen molar-refractivity contribution in [2.45, 2.75) is 0 Å². The predicted molar refractivity (Wildman–Crippen MR) is 125 cm³/mol. The van der Waals surface area contributed by atoms with Crippen molar-refractivity contribution in [2.24, 2.45) is 0 Å². The molecular formula is C26H22N4O2. The summed E-state index contributed by atoms with van der Waals surface area (Å²) in [6, 6.07) is 24.7. The van der Waals surface area contributed by atoms with E-state index >= 15 is 0 Å². The Bertz CT molecular complexity index is 1410. The largest absolute Gasteiger partial charge is 0.432 e. The highest BCUT2D eigenvalue weighted by atomic mass is 16.3. The lowest BCUT2D eigenvalue weighted by molar-refractivity contribution is 0.0740. The van der Waals surface area contributed by atoms with Gasteiger partial charge in [-0.1, -0.05) is 54.6 Å². The molecule has 1 amide bonds. The van der Waals surface area contributed by atoms with Gasteiger partial charge in [0.15, 0.2) is 0 Å². The number of piperazine rings is 1. The second kappa shape index (κ2) is 7.57. The van der Waals surface area contributed by atoms with Gasteiger partial charge in [-0.15, -0.1) is 0 Å². The van der Waals surface area contributed by atoms with E-state index in [1.54, 1.807) is 16.9 Å². The van der Waals surface area contributed by atoms with Gasteiger partial charge in [-0.05, 0) is 29.0 Å². The van der Waals surface area contributed by atoms with Gasteiger partial charge >= 0.3 is 5.84 Å². The van der Waals surface area contributed by atoms with Crippen molar-refractivity contribution in [3.05, 3.63) is 91.0 Å². The summed E-state index contributed by atoms with van der Waals surface area (Å²) in [5.74, 6) is 0.411. The normalized spacial score (nSPS) is 14.4. The van der Waals surface area contributed by atoms with Crippen molar-refractivity contribution in [2.75, 3.05) is 31.1 Å². The molecule has 158 valence electrons. The van der Waals surface area contributed by atoms with Crippen LogP contribution in [-0.2, 0) is 0 Å². The number of carbonyl (C=O) groups is 1. The van der Waals surface area contributed by atoms with E-state index in [1.165, 1.54) is 5.69 Å². The Kier molecular flexibility index (Phi) is 4.42. The zero-order valence-electron chi connectivity index (χ0n) is 17.5. The third kappa shape index (κ3) is 3.12. The van der Waals surface area contributed by atoms with Gasteiger partial charge in [-0.25, -0.2) is 0 Å². The van der Waals surface area contributed by atoms with Crippen LogP contribution in [0.2, 0.25) is 0 Å². The average Bonchev–Trinajstić information content (AvgIpc) is 3.45. The van der Waals surface area contributed by atoms with Crippen molar-refractivity contribution >= 4 is 28.2 Å². The van der Waals surface area contributed by atoms with Crippen molar-refractivity contribution < 1.29 is 9.21 Å². The van der Waals surface area contributed by atoms with Crippen molar-refractivity contribution in [1.29, 1.82) is 0 Å². The number of carbonyl (C=O) groups excluding carboxylic acids is 1. The number of amides is 1. The number of oxazole rings is 1. The minimum atomic E-state index is -0.0187. The van der Waals surface area contributed by atoms with Crippen molar-refractivity contribution in [3.8, 4) is 11.3 Å². The summed E-state index contributed by atoms with van der Waals surface area (Å²) in [6.07, 6.45) is 3.33. The van der Waals surface area contributed by atoms with Gasteiger partial charge < -0.3 is 14.2 Å². The van der Waals surface area contributed by atoms with Crippen LogP contribution in [-0.4, -0.2) is 46.4 Å². The predicted octanol–water partition coefficient (Wildman–Crippen LogP) is 4.71. The number of anilines is 1. The van der Waals surface area contributed by atoms with E-state index in [-0.39, 0.29) is 5.91 Å². The quantitative estimate of drug-likeness (QED) is 0.423. The summed E-state index contributed by atoms with van der Waals surface area (Å²) in [4.78, 5) is 22.6. The molecule has 0 atom stereocenters. The van der Waals surface area contributed by atoms with Crippen LogP contribution >= 0.6 is 0 Å². The molecule has 1 aliphatic heterocycles. The van der Waals surface area contributed by atoms with Crippen LogP contribution in [0, 0.1) is 0 Å². The van der Waals surface area contributed by atoms with E-state index in [4.69, 9.17) is 4.42 Å². The molecule has 1 fully saturated rings. The van der Waals surface area contributed by atoms with Crippen LogP contribution < -0.4 is 4.90 Å². The van der Waals surface area contributed by atoms with Crippen LogP contribution in [0.1, 0.15) is 10.5 Å². The molecule has 0 N–H and O–H groups in total. The number of benzene rings is 3. The fourth-order valence-electron chi connectivity index (χ4n) is 4.48. The minimum absolute atomic E-state index is 0.0187. The lowest BCUT2D eigenvalue weighted by Gasteiger charge is -2.36. The Morgan fingerprint density at radius 1 is 0.844 bits per heavy atom. The summed E-state index contributed by atoms with van der Waals surface area (Å²) >= 11 is 0. The molecule has 32 heavy (non-hydrogen) atoms. The van der Waals surface area contributed by atoms with Gasteiger partial charge in [0.05, 0.1) is 0 Å². The number of rotatable bonds is 3. The molecule has 6 heteroatoms. The highest BCUT2D eigenvalue weighted by molar-refractivity contribution is 6.00. The summed E-state index contributed by atoms with van der Waals surface area (Å²) in [6.45, 7) is 2.93. The van der Waals surface area contributed by atoms with Crippen LogP contribution in [0.15, 0.2) is 89.7 Å². The Labute approximate surface area is 185 Å². The summed E-state index contributed by atoms with van der Waals surface area (Å²) in [5.41, 5.74) is 3.31. The third-order valence-electron chi connectivity index (χ3n) is 6.18. The van der Waals surface area contributed by atoms with Gasteiger partial charge in [0.1, 0.15) is 17.7 Å². The van der Waals surface area contributed by atoms with Gasteiger partial charge in [-0.3, -0.25) is 9.20 Å². The molecule has 6 rings (SSSR count). The lowest BCUT2D eigenvalue weighted by atomic mass is 10.0. The number of hydrogen-bond acceptors (Lipinski definition) is 4. The van der Waals surface area contributed by atoms with E-state index in [0.29, 0.717) is 30.3 Å². The fourth-order valence-corrected chi connectivity index (χ4v) is 4.48. The molecule has 6 nitrogen and oxygen atoms in total. The molecule has 1 aliphatic rings. The number of para-hydroxylation sites is 1. The number of hydrogen-bond donors (Lipinski definition) is 0. The van der Waals surface area contributed by atoms with Crippen LogP contribution in [0.5, 0.6) is 0 Å². The summed E-state index contributed by atoms with van der Waals surface area (Å²) < 4.78 is 7.29. The molecule has 0 bridgehead atoms. The molecule has 1 saturated heterocycles. The second-order valence-corrected chi connectivity index (χ2v) is 8.04. The highest BCUT2D eigenvalue weighted by Crippen LogP contribution is 2.29. The molecule has 0 spiro atoms. The first-order valence-corrected chi connectivity index (χ1v) is 10.8. The van der Waals surface area contributed by atoms with E-state index in [0.717, 1.165) is 29.4 Å². The lowest BCUT2D eigenvalue weighted by Crippen LogP contribution is -2.49. The topological polar surface area (TPSA) is 54.0 Å². The maximum absolute atomic E-state index is 13.7. The Morgan fingerprint density at radius 3 is 2.41 bits per heavy atom. The van der Waals surface area contributed by atoms with E-state index in [2.05, 4.69) is 46.3 Å². The van der Waals surface area contributed by atoms with Crippen LogP contribution in [0.3, 0.4) is 0 Å². The molecule has 0 saturated carbocycles. The molecule has 0 aliphatic carbocycles. The van der Waals surface area contributed by atoms with Crippen LogP contribution in [0.25, 0.3) is 27.9 Å². The molecule has 5 aromatic rings. The maximum Gasteiger partial charge on any atom is 0.306 e. The van der Waals surface area contributed by atoms with E-state index < -0.39 is 0 Å². The Morgan fingerprint density at radius 2 is 1.59 bits per heavy atom. The summed E-state index contributed by atoms with van der Waals surface area (Å²) in [7, 11) is 0.